The number of nitrogens with zero attached hydrogens (tertiary/aromatic N) is 3. The lowest BCUT2D eigenvalue weighted by Gasteiger charge is -2.35. The van der Waals surface area contributed by atoms with Gasteiger partial charge in [0.1, 0.15) is 23.6 Å². The van der Waals surface area contributed by atoms with Crippen LogP contribution in [0.1, 0.15) is 32.3 Å². The first-order chi connectivity index (χ1) is 13.9. The fourth-order valence-electron chi connectivity index (χ4n) is 4.12. The molecule has 2 N–H and O–H groups in total. The molecule has 2 aliphatic rings. The van der Waals surface area contributed by atoms with E-state index in [9.17, 15) is 14.0 Å². The number of para-hydroxylation sites is 1. The molecular formula is C21H26FN5O2. The van der Waals surface area contributed by atoms with E-state index in [0.717, 1.165) is 5.56 Å². The van der Waals surface area contributed by atoms with Crippen LogP contribution in [-0.2, 0) is 16.1 Å². The quantitative estimate of drug-likeness (QED) is 0.774. The van der Waals surface area contributed by atoms with Crippen molar-refractivity contribution in [2.75, 3.05) is 6.54 Å². The molecule has 2 aromatic rings. The van der Waals surface area contributed by atoms with Crippen molar-refractivity contribution in [2.24, 2.45) is 5.92 Å². The molecule has 0 radical (unpaired) electrons. The molecule has 4 rings (SSSR count). The van der Waals surface area contributed by atoms with Gasteiger partial charge in [0.2, 0.25) is 11.8 Å². The number of hydrogen-bond acceptors (Lipinski definition) is 4. The van der Waals surface area contributed by atoms with E-state index in [1.54, 1.807) is 35.5 Å². The summed E-state index contributed by atoms with van der Waals surface area (Å²) in [6.45, 7) is 5.14. The SMILES string of the molecule is CC(C)C[C@@H]1NC(=O)[C@@H]2C[C@H](NCc3cnn(-c4ccccc4F)c3)CN2C1=O. The first kappa shape index (κ1) is 19.6. The van der Waals surface area contributed by atoms with Crippen molar-refractivity contribution in [1.82, 2.24) is 25.3 Å². The molecule has 3 atom stereocenters. The molecule has 3 heterocycles. The maximum absolute atomic E-state index is 13.9. The van der Waals surface area contributed by atoms with E-state index in [1.165, 1.54) is 10.7 Å². The third kappa shape index (κ3) is 4.03. The van der Waals surface area contributed by atoms with Crippen molar-refractivity contribution in [2.45, 2.75) is 51.4 Å². The number of halogens is 1. The summed E-state index contributed by atoms with van der Waals surface area (Å²) in [4.78, 5) is 26.9. The Morgan fingerprint density at radius 3 is 2.86 bits per heavy atom. The van der Waals surface area contributed by atoms with Gasteiger partial charge in [-0.05, 0) is 30.9 Å². The molecule has 29 heavy (non-hydrogen) atoms. The monoisotopic (exact) mass is 399 g/mol. The van der Waals surface area contributed by atoms with E-state index in [-0.39, 0.29) is 23.7 Å². The normalized spacial score (nSPS) is 24.1. The third-order valence-corrected chi connectivity index (χ3v) is 5.54. The van der Waals surface area contributed by atoms with E-state index in [1.807, 2.05) is 13.8 Å². The average Bonchev–Trinajstić information content (AvgIpc) is 3.32. The third-order valence-electron chi connectivity index (χ3n) is 5.54. The van der Waals surface area contributed by atoms with Crippen LogP contribution in [0.4, 0.5) is 4.39 Å². The van der Waals surface area contributed by atoms with Crippen LogP contribution < -0.4 is 10.6 Å². The highest BCUT2D eigenvalue weighted by molar-refractivity contribution is 5.97. The van der Waals surface area contributed by atoms with Crippen LogP contribution in [-0.4, -0.2) is 51.2 Å². The minimum atomic E-state index is -0.420. The Hall–Kier alpha value is -2.74. The molecule has 0 spiro atoms. The van der Waals surface area contributed by atoms with Gasteiger partial charge in [-0.15, -0.1) is 0 Å². The highest BCUT2D eigenvalue weighted by Gasteiger charge is 2.46. The highest BCUT2D eigenvalue weighted by Crippen LogP contribution is 2.25. The Balaban J connectivity index is 1.37. The summed E-state index contributed by atoms with van der Waals surface area (Å²) >= 11 is 0. The van der Waals surface area contributed by atoms with Gasteiger partial charge in [0.15, 0.2) is 0 Å². The molecule has 2 fully saturated rings. The van der Waals surface area contributed by atoms with E-state index in [0.29, 0.717) is 37.5 Å². The van der Waals surface area contributed by atoms with Gasteiger partial charge in [0.25, 0.3) is 0 Å². The van der Waals surface area contributed by atoms with Gasteiger partial charge in [-0.2, -0.15) is 5.10 Å². The molecule has 0 bridgehead atoms. The molecular weight excluding hydrogens is 373 g/mol. The van der Waals surface area contributed by atoms with Crippen LogP contribution in [0.5, 0.6) is 0 Å². The number of piperazine rings is 1. The molecule has 7 nitrogen and oxygen atoms in total. The minimum absolute atomic E-state index is 0.0139. The smallest absolute Gasteiger partial charge is 0.245 e. The summed E-state index contributed by atoms with van der Waals surface area (Å²) in [6.07, 6.45) is 4.72. The summed E-state index contributed by atoms with van der Waals surface area (Å²) in [5.41, 5.74) is 1.31. The van der Waals surface area contributed by atoms with E-state index < -0.39 is 12.1 Å². The molecule has 2 amide bonds. The second-order valence-corrected chi connectivity index (χ2v) is 8.26. The number of hydrogen-bond donors (Lipinski definition) is 2. The van der Waals surface area contributed by atoms with E-state index >= 15 is 0 Å². The molecule has 2 saturated heterocycles. The van der Waals surface area contributed by atoms with Gasteiger partial charge in [-0.25, -0.2) is 9.07 Å². The number of carbonyl (C=O) groups is 2. The lowest BCUT2D eigenvalue weighted by Crippen LogP contribution is -2.61. The molecule has 0 aliphatic carbocycles. The number of fused-ring (bicyclic) bond motifs is 1. The fourth-order valence-corrected chi connectivity index (χ4v) is 4.12. The van der Waals surface area contributed by atoms with Crippen LogP contribution in [0.3, 0.4) is 0 Å². The average molecular weight is 399 g/mol. The van der Waals surface area contributed by atoms with Gasteiger partial charge in [0, 0.05) is 30.9 Å². The zero-order valence-corrected chi connectivity index (χ0v) is 16.6. The molecule has 1 aromatic carbocycles. The minimum Gasteiger partial charge on any atom is -0.342 e. The molecule has 0 saturated carbocycles. The topological polar surface area (TPSA) is 79.3 Å². The van der Waals surface area contributed by atoms with Crippen molar-refractivity contribution in [1.29, 1.82) is 0 Å². The lowest BCUT2D eigenvalue weighted by atomic mass is 9.99. The lowest BCUT2D eigenvalue weighted by molar-refractivity contribution is -0.147. The molecule has 1 aromatic heterocycles. The van der Waals surface area contributed by atoms with Gasteiger partial charge >= 0.3 is 0 Å². The van der Waals surface area contributed by atoms with Crippen molar-refractivity contribution in [3.05, 3.63) is 48.0 Å². The number of aromatic nitrogens is 2. The number of nitrogens with one attached hydrogen (secondary N) is 2. The van der Waals surface area contributed by atoms with Crippen molar-refractivity contribution in [3.63, 3.8) is 0 Å². The predicted octanol–water partition coefficient (Wildman–Crippen LogP) is 1.61. The first-order valence-electron chi connectivity index (χ1n) is 10.0. The summed E-state index contributed by atoms with van der Waals surface area (Å²) in [5.74, 6) is -0.0431. The van der Waals surface area contributed by atoms with Gasteiger partial charge in [-0.1, -0.05) is 26.0 Å². The Morgan fingerprint density at radius 2 is 2.10 bits per heavy atom. The van der Waals surface area contributed by atoms with Crippen molar-refractivity contribution in [3.8, 4) is 5.69 Å². The summed E-state index contributed by atoms with van der Waals surface area (Å²) in [7, 11) is 0. The largest absolute Gasteiger partial charge is 0.342 e. The Kier molecular flexibility index (Phi) is 5.36. The maximum atomic E-state index is 13.9. The Labute approximate surface area is 169 Å². The number of carbonyl (C=O) groups excluding carboxylic acids is 2. The van der Waals surface area contributed by atoms with E-state index in [4.69, 9.17) is 0 Å². The van der Waals surface area contributed by atoms with E-state index in [2.05, 4.69) is 15.7 Å². The van der Waals surface area contributed by atoms with Crippen LogP contribution >= 0.6 is 0 Å². The Morgan fingerprint density at radius 1 is 1.31 bits per heavy atom. The first-order valence-corrected chi connectivity index (χ1v) is 10.0. The second kappa shape index (κ2) is 7.94. The molecule has 8 heteroatoms. The summed E-state index contributed by atoms with van der Waals surface area (Å²) in [6, 6.07) is 5.69. The standard InChI is InChI=1S/C21H26FN5O2/c1-13(2)7-17-21(29)26-12-15(8-19(26)20(28)25-17)23-9-14-10-24-27(11-14)18-6-4-3-5-16(18)22/h3-6,10-11,13,15,17,19,23H,7-9,12H2,1-2H3,(H,25,28)/t15-,17-,19-/m0/s1. The van der Waals surface area contributed by atoms with Crippen LogP contribution in [0.15, 0.2) is 36.7 Å². The number of benzene rings is 1. The highest BCUT2D eigenvalue weighted by atomic mass is 19.1. The van der Waals surface area contributed by atoms with Crippen LogP contribution in [0, 0.1) is 11.7 Å². The van der Waals surface area contributed by atoms with Crippen LogP contribution in [0.2, 0.25) is 0 Å². The van der Waals surface area contributed by atoms with Crippen molar-refractivity contribution < 1.29 is 14.0 Å². The van der Waals surface area contributed by atoms with Crippen molar-refractivity contribution >= 4 is 11.8 Å². The zero-order valence-electron chi connectivity index (χ0n) is 16.6. The predicted molar refractivity (Wildman–Crippen MR) is 106 cm³/mol. The zero-order chi connectivity index (χ0) is 20.5. The number of amides is 2. The molecule has 2 aliphatic heterocycles. The number of rotatable bonds is 6. The van der Waals surface area contributed by atoms with Gasteiger partial charge < -0.3 is 15.5 Å². The molecule has 0 unspecified atom stereocenters. The molecule has 154 valence electrons. The summed E-state index contributed by atoms with van der Waals surface area (Å²) < 4.78 is 15.4. The summed E-state index contributed by atoms with van der Waals surface area (Å²) in [5, 5.41) is 10.5. The fraction of sp³-hybridized carbons (Fsp3) is 0.476. The maximum Gasteiger partial charge on any atom is 0.245 e. The van der Waals surface area contributed by atoms with Crippen LogP contribution in [0.25, 0.3) is 5.69 Å². The Bertz CT molecular complexity index is 912. The van der Waals surface area contributed by atoms with Gasteiger partial charge in [0.05, 0.1) is 6.20 Å². The second-order valence-electron chi connectivity index (χ2n) is 8.26. The van der Waals surface area contributed by atoms with Gasteiger partial charge in [-0.3, -0.25) is 9.59 Å².